The fourth-order valence-corrected chi connectivity index (χ4v) is 4.31. The summed E-state index contributed by atoms with van der Waals surface area (Å²) in [5, 5.41) is 0. The first-order valence-electron chi connectivity index (χ1n) is 9.87. The van der Waals surface area contributed by atoms with E-state index in [1.807, 2.05) is 44.2 Å². The third-order valence-electron chi connectivity index (χ3n) is 4.78. The van der Waals surface area contributed by atoms with Crippen LogP contribution in [0.15, 0.2) is 53.4 Å². The number of ether oxygens (including phenoxy) is 2. The average Bonchev–Trinajstić information content (AvgIpc) is 2.78. The van der Waals surface area contributed by atoms with E-state index in [0.717, 1.165) is 5.56 Å². The van der Waals surface area contributed by atoms with Gasteiger partial charge in [-0.05, 0) is 37.6 Å². The second-order valence-corrected chi connectivity index (χ2v) is 8.77. The second kappa shape index (κ2) is 10.9. The summed E-state index contributed by atoms with van der Waals surface area (Å²) in [6.07, 6.45) is 0. The maximum absolute atomic E-state index is 13.2. The van der Waals surface area contributed by atoms with Gasteiger partial charge in [0.2, 0.25) is 10.0 Å². The number of carbonyl (C=O) groups is 2. The molecule has 0 atom stereocenters. The van der Waals surface area contributed by atoms with Gasteiger partial charge in [-0.15, -0.1) is 0 Å². The minimum absolute atomic E-state index is 0.0137. The monoisotopic (exact) mass is 448 g/mol. The first kappa shape index (κ1) is 24.4. The third-order valence-corrected chi connectivity index (χ3v) is 6.60. The van der Waals surface area contributed by atoms with Gasteiger partial charge in [0.05, 0.1) is 12.7 Å². The van der Waals surface area contributed by atoms with Crippen LogP contribution in [-0.4, -0.2) is 63.4 Å². The van der Waals surface area contributed by atoms with E-state index in [-0.39, 0.29) is 28.7 Å². The van der Waals surface area contributed by atoms with E-state index in [1.54, 1.807) is 0 Å². The molecule has 0 aliphatic heterocycles. The van der Waals surface area contributed by atoms with Gasteiger partial charge in [-0.3, -0.25) is 4.79 Å². The lowest BCUT2D eigenvalue weighted by atomic mass is 10.2. The summed E-state index contributed by atoms with van der Waals surface area (Å²) in [7, 11) is -1.16. The van der Waals surface area contributed by atoms with E-state index in [4.69, 9.17) is 9.47 Å². The van der Waals surface area contributed by atoms with E-state index in [9.17, 15) is 18.0 Å². The van der Waals surface area contributed by atoms with Crippen molar-refractivity contribution in [2.24, 2.45) is 0 Å². The van der Waals surface area contributed by atoms with E-state index in [2.05, 4.69) is 0 Å². The van der Waals surface area contributed by atoms with Crippen LogP contribution >= 0.6 is 0 Å². The first-order chi connectivity index (χ1) is 14.7. The number of hydrogen-bond acceptors (Lipinski definition) is 6. The molecule has 0 heterocycles. The van der Waals surface area contributed by atoms with Crippen LogP contribution in [0.2, 0.25) is 0 Å². The number of methoxy groups -OCH3 is 1. The number of nitrogens with zero attached hydrogens (tertiary/aromatic N) is 2. The smallest absolute Gasteiger partial charge is 0.338 e. The maximum Gasteiger partial charge on any atom is 0.338 e. The molecule has 0 bridgehead atoms. The highest BCUT2D eigenvalue weighted by Gasteiger charge is 2.27. The highest BCUT2D eigenvalue weighted by atomic mass is 32.2. The largest absolute Gasteiger partial charge is 0.495 e. The zero-order valence-corrected chi connectivity index (χ0v) is 19.0. The Morgan fingerprint density at radius 2 is 1.65 bits per heavy atom. The van der Waals surface area contributed by atoms with Gasteiger partial charge < -0.3 is 14.4 Å². The number of benzene rings is 2. The van der Waals surface area contributed by atoms with Crippen LogP contribution in [0.3, 0.4) is 0 Å². The molecule has 0 spiro atoms. The summed E-state index contributed by atoms with van der Waals surface area (Å²) < 4.78 is 37.8. The molecule has 2 aromatic carbocycles. The third kappa shape index (κ3) is 6.05. The Morgan fingerprint density at radius 3 is 2.23 bits per heavy atom. The molecule has 31 heavy (non-hydrogen) atoms. The Labute approximate surface area is 183 Å². The molecule has 168 valence electrons. The molecule has 2 aromatic rings. The summed E-state index contributed by atoms with van der Waals surface area (Å²) in [5.74, 6) is -0.997. The average molecular weight is 449 g/mol. The van der Waals surface area contributed by atoms with Crippen LogP contribution < -0.4 is 4.74 Å². The Morgan fingerprint density at radius 1 is 1.00 bits per heavy atom. The van der Waals surface area contributed by atoms with Crippen molar-refractivity contribution in [3.63, 3.8) is 0 Å². The van der Waals surface area contributed by atoms with Crippen molar-refractivity contribution < 1.29 is 27.5 Å². The Bertz CT molecular complexity index is 1000. The molecule has 0 aliphatic rings. The molecule has 0 aliphatic carbocycles. The minimum Gasteiger partial charge on any atom is -0.495 e. The Kier molecular flexibility index (Phi) is 8.58. The van der Waals surface area contributed by atoms with Crippen LogP contribution in [0.4, 0.5) is 0 Å². The van der Waals surface area contributed by atoms with Gasteiger partial charge in [0.1, 0.15) is 10.6 Å². The van der Waals surface area contributed by atoms with Crippen molar-refractivity contribution in [1.82, 2.24) is 9.21 Å². The highest BCUT2D eigenvalue weighted by molar-refractivity contribution is 7.89. The number of amides is 1. The lowest BCUT2D eigenvalue weighted by Crippen LogP contribution is -2.34. The summed E-state index contributed by atoms with van der Waals surface area (Å²) in [6.45, 7) is 4.41. The van der Waals surface area contributed by atoms with Crippen molar-refractivity contribution in [3.8, 4) is 5.75 Å². The fraction of sp³-hybridized carbons (Fsp3) is 0.364. The predicted octanol–water partition coefficient (Wildman–Crippen LogP) is 2.54. The molecule has 0 fully saturated rings. The molecule has 0 unspecified atom stereocenters. The molecule has 0 radical (unpaired) electrons. The molecule has 9 heteroatoms. The number of hydrogen-bond donors (Lipinski definition) is 0. The van der Waals surface area contributed by atoms with Gasteiger partial charge in [-0.2, -0.15) is 4.31 Å². The van der Waals surface area contributed by atoms with Crippen molar-refractivity contribution in [2.45, 2.75) is 25.3 Å². The molecular formula is C22H28N2O6S. The maximum atomic E-state index is 13.2. The van der Waals surface area contributed by atoms with Crippen LogP contribution in [0.5, 0.6) is 5.75 Å². The number of carbonyl (C=O) groups excluding carboxylic acids is 2. The van der Waals surface area contributed by atoms with Crippen molar-refractivity contribution >= 4 is 21.9 Å². The van der Waals surface area contributed by atoms with Crippen LogP contribution in [0.25, 0.3) is 0 Å². The normalized spacial score (nSPS) is 11.3. The van der Waals surface area contributed by atoms with Gasteiger partial charge in [0.25, 0.3) is 5.91 Å². The lowest BCUT2D eigenvalue weighted by Gasteiger charge is -2.20. The fourth-order valence-electron chi connectivity index (χ4n) is 2.98. The molecule has 0 saturated heterocycles. The lowest BCUT2D eigenvalue weighted by molar-refractivity contribution is -0.134. The van der Waals surface area contributed by atoms with Gasteiger partial charge >= 0.3 is 5.97 Å². The Hall–Kier alpha value is -2.91. The van der Waals surface area contributed by atoms with E-state index in [1.165, 1.54) is 41.6 Å². The number of likely N-dealkylation sites (N-methyl/N-ethyl adjacent to an activating group) is 1. The van der Waals surface area contributed by atoms with E-state index in [0.29, 0.717) is 13.1 Å². The van der Waals surface area contributed by atoms with E-state index < -0.39 is 22.6 Å². The van der Waals surface area contributed by atoms with Crippen LogP contribution in [0, 0.1) is 0 Å². The van der Waals surface area contributed by atoms with Crippen molar-refractivity contribution in [1.29, 1.82) is 0 Å². The molecule has 8 nitrogen and oxygen atoms in total. The number of sulfonamides is 1. The van der Waals surface area contributed by atoms with Crippen molar-refractivity contribution in [2.75, 3.05) is 33.9 Å². The predicted molar refractivity (Wildman–Crippen MR) is 116 cm³/mol. The highest BCUT2D eigenvalue weighted by Crippen LogP contribution is 2.28. The van der Waals surface area contributed by atoms with Crippen LogP contribution in [0.1, 0.15) is 29.8 Å². The first-order valence-corrected chi connectivity index (χ1v) is 11.3. The van der Waals surface area contributed by atoms with Gasteiger partial charge in [-0.1, -0.05) is 30.3 Å². The number of esters is 1. The Balaban J connectivity index is 2.24. The SMILES string of the molecule is CCN(CC)C(=O)COC(=O)c1ccc(OC)c(S(=O)(=O)N(C)Cc2ccccc2)c1. The van der Waals surface area contributed by atoms with Gasteiger partial charge in [-0.25, -0.2) is 13.2 Å². The van der Waals surface area contributed by atoms with Crippen molar-refractivity contribution in [3.05, 3.63) is 59.7 Å². The van der Waals surface area contributed by atoms with Crippen LogP contribution in [-0.2, 0) is 26.1 Å². The van der Waals surface area contributed by atoms with E-state index >= 15 is 0 Å². The summed E-state index contributed by atoms with van der Waals surface area (Å²) in [6, 6.07) is 13.2. The quantitative estimate of drug-likeness (QED) is 0.519. The topological polar surface area (TPSA) is 93.2 Å². The summed E-state index contributed by atoms with van der Waals surface area (Å²) in [5.41, 5.74) is 0.831. The minimum atomic E-state index is -3.96. The van der Waals surface area contributed by atoms with Gasteiger partial charge in [0.15, 0.2) is 6.61 Å². The summed E-state index contributed by atoms with van der Waals surface area (Å²) >= 11 is 0. The second-order valence-electron chi connectivity index (χ2n) is 6.75. The zero-order valence-electron chi connectivity index (χ0n) is 18.2. The molecule has 1 amide bonds. The molecule has 0 N–H and O–H groups in total. The standard InChI is InChI=1S/C22H28N2O6S/c1-5-24(6-2)21(25)16-30-22(26)18-12-13-19(29-4)20(14-18)31(27,28)23(3)15-17-10-8-7-9-11-17/h7-14H,5-6,15-16H2,1-4H3. The summed E-state index contributed by atoms with van der Waals surface area (Å²) in [4.78, 5) is 25.9. The molecule has 0 aromatic heterocycles. The zero-order chi connectivity index (χ0) is 23.0. The molecular weight excluding hydrogens is 420 g/mol. The molecule has 0 saturated carbocycles. The van der Waals surface area contributed by atoms with Gasteiger partial charge in [0, 0.05) is 26.7 Å². The molecule has 2 rings (SSSR count). The number of rotatable bonds is 10.